The van der Waals surface area contributed by atoms with Crippen molar-refractivity contribution in [1.82, 2.24) is 9.03 Å². The van der Waals surface area contributed by atoms with Crippen molar-refractivity contribution in [3.05, 3.63) is 35.9 Å². The van der Waals surface area contributed by atoms with Crippen LogP contribution >= 0.6 is 0 Å². The van der Waals surface area contributed by atoms with Crippen LogP contribution in [-0.4, -0.2) is 56.5 Å². The van der Waals surface area contributed by atoms with Gasteiger partial charge in [-0.15, -0.1) is 0 Å². The van der Waals surface area contributed by atoms with E-state index in [2.05, 4.69) is 9.46 Å². The van der Waals surface area contributed by atoms with Crippen molar-refractivity contribution < 1.29 is 27.9 Å². The average molecular weight is 344 g/mol. The Kier molecular flexibility index (Phi) is 7.14. The zero-order valence-electron chi connectivity index (χ0n) is 12.9. The summed E-state index contributed by atoms with van der Waals surface area (Å²) in [6, 6.07) is 7.39. The molecule has 0 spiro atoms. The topological polar surface area (TPSA) is 113 Å². The van der Waals surface area contributed by atoms with Gasteiger partial charge in [0.25, 0.3) is 10.2 Å². The van der Waals surface area contributed by atoms with Gasteiger partial charge < -0.3 is 9.84 Å². The van der Waals surface area contributed by atoms with Gasteiger partial charge in [0.2, 0.25) is 0 Å². The summed E-state index contributed by atoms with van der Waals surface area (Å²) < 4.78 is 31.7. The van der Waals surface area contributed by atoms with Crippen molar-refractivity contribution in [2.75, 3.05) is 20.7 Å². The minimum atomic E-state index is -4.03. The van der Waals surface area contributed by atoms with E-state index in [1.165, 1.54) is 14.2 Å². The SMILES string of the molecule is COC(=O)CCN(C)S(=O)(=O)N[C@@H](Cc1ccccc1)C(=O)O. The van der Waals surface area contributed by atoms with Crippen molar-refractivity contribution in [2.24, 2.45) is 0 Å². The van der Waals surface area contributed by atoms with Gasteiger partial charge in [0, 0.05) is 13.6 Å². The molecule has 1 atom stereocenters. The molecule has 23 heavy (non-hydrogen) atoms. The summed E-state index contributed by atoms with van der Waals surface area (Å²) in [6.07, 6.45) is -0.107. The van der Waals surface area contributed by atoms with Gasteiger partial charge in [-0.2, -0.15) is 17.4 Å². The number of hydrogen-bond acceptors (Lipinski definition) is 5. The molecule has 1 aromatic rings. The predicted octanol–water partition coefficient (Wildman–Crippen LogP) is 0.0116. The Balaban J connectivity index is 2.74. The Bertz CT molecular complexity index is 632. The molecule has 0 aliphatic heterocycles. The summed E-state index contributed by atoms with van der Waals surface area (Å²) in [7, 11) is -1.57. The van der Waals surface area contributed by atoms with Gasteiger partial charge in [-0.05, 0) is 12.0 Å². The van der Waals surface area contributed by atoms with Gasteiger partial charge in [-0.25, -0.2) is 0 Å². The fourth-order valence-electron chi connectivity index (χ4n) is 1.77. The molecule has 0 amide bonds. The van der Waals surface area contributed by atoms with E-state index in [-0.39, 0.29) is 19.4 Å². The number of carbonyl (C=O) groups is 2. The summed E-state index contributed by atoms with van der Waals surface area (Å²) >= 11 is 0. The van der Waals surface area contributed by atoms with E-state index in [9.17, 15) is 23.1 Å². The van der Waals surface area contributed by atoms with E-state index < -0.39 is 28.2 Å². The second-order valence-corrected chi connectivity index (χ2v) is 6.66. The molecule has 0 fully saturated rings. The maximum atomic E-state index is 12.1. The van der Waals surface area contributed by atoms with Gasteiger partial charge in [-0.3, -0.25) is 9.59 Å². The smallest absolute Gasteiger partial charge is 0.322 e. The number of benzene rings is 1. The monoisotopic (exact) mass is 344 g/mol. The summed E-state index contributed by atoms with van der Waals surface area (Å²) in [5, 5.41) is 9.22. The number of carbonyl (C=O) groups excluding carboxylic acids is 1. The number of rotatable bonds is 9. The highest BCUT2D eigenvalue weighted by Crippen LogP contribution is 2.06. The number of ether oxygens (including phenoxy) is 1. The van der Waals surface area contributed by atoms with Crippen LogP contribution in [0.2, 0.25) is 0 Å². The molecule has 1 aromatic carbocycles. The van der Waals surface area contributed by atoms with Gasteiger partial charge in [0.1, 0.15) is 6.04 Å². The second-order valence-electron chi connectivity index (χ2n) is 4.85. The van der Waals surface area contributed by atoms with Crippen LogP contribution in [0.25, 0.3) is 0 Å². The lowest BCUT2D eigenvalue weighted by Gasteiger charge is -2.21. The van der Waals surface area contributed by atoms with Crippen LogP contribution < -0.4 is 4.72 Å². The summed E-state index contributed by atoms with van der Waals surface area (Å²) in [6.45, 7) is -0.111. The maximum absolute atomic E-state index is 12.1. The van der Waals surface area contributed by atoms with Crippen molar-refractivity contribution in [3.8, 4) is 0 Å². The predicted molar refractivity (Wildman–Crippen MR) is 82.9 cm³/mol. The number of aliphatic carboxylic acids is 1. The lowest BCUT2D eigenvalue weighted by Crippen LogP contribution is -2.48. The van der Waals surface area contributed by atoms with Crippen LogP contribution in [0.1, 0.15) is 12.0 Å². The van der Waals surface area contributed by atoms with Crippen LogP contribution in [0.15, 0.2) is 30.3 Å². The Hall–Kier alpha value is -1.97. The molecular formula is C14H20N2O6S. The van der Waals surface area contributed by atoms with E-state index >= 15 is 0 Å². The fourth-order valence-corrected chi connectivity index (χ4v) is 2.83. The Labute approximate surface area is 135 Å². The molecule has 0 radical (unpaired) electrons. The van der Waals surface area contributed by atoms with Gasteiger partial charge in [-0.1, -0.05) is 30.3 Å². The Morgan fingerprint density at radius 3 is 2.43 bits per heavy atom. The first-order valence-electron chi connectivity index (χ1n) is 6.83. The highest BCUT2D eigenvalue weighted by Gasteiger charge is 2.27. The van der Waals surface area contributed by atoms with Gasteiger partial charge >= 0.3 is 11.9 Å². The molecule has 9 heteroatoms. The minimum Gasteiger partial charge on any atom is -0.480 e. The van der Waals surface area contributed by atoms with Crippen molar-refractivity contribution in [2.45, 2.75) is 18.9 Å². The highest BCUT2D eigenvalue weighted by molar-refractivity contribution is 7.87. The summed E-state index contributed by atoms with van der Waals surface area (Å²) in [5.41, 5.74) is 0.694. The van der Waals surface area contributed by atoms with Crippen LogP contribution in [0, 0.1) is 0 Å². The lowest BCUT2D eigenvalue weighted by atomic mass is 10.1. The minimum absolute atomic E-state index is 0.0141. The quantitative estimate of drug-likeness (QED) is 0.610. The summed E-state index contributed by atoms with van der Waals surface area (Å²) in [5.74, 6) is -1.83. The van der Waals surface area contributed by atoms with E-state index in [0.29, 0.717) is 5.56 Å². The fraction of sp³-hybridized carbons (Fsp3) is 0.429. The van der Waals surface area contributed by atoms with Crippen LogP contribution in [0.5, 0.6) is 0 Å². The first-order chi connectivity index (χ1) is 10.8. The molecule has 0 saturated carbocycles. The van der Waals surface area contributed by atoms with Gasteiger partial charge in [0.05, 0.1) is 13.5 Å². The van der Waals surface area contributed by atoms with E-state index in [1.807, 2.05) is 0 Å². The number of esters is 1. The third-order valence-electron chi connectivity index (χ3n) is 3.14. The average Bonchev–Trinajstić information content (AvgIpc) is 2.52. The number of methoxy groups -OCH3 is 1. The largest absolute Gasteiger partial charge is 0.480 e. The third-order valence-corrected chi connectivity index (χ3v) is 4.73. The second kappa shape index (κ2) is 8.61. The zero-order chi connectivity index (χ0) is 17.5. The number of carboxylic acid groups (broad SMARTS) is 1. The first kappa shape index (κ1) is 19.1. The molecule has 1 rings (SSSR count). The van der Waals surface area contributed by atoms with Crippen molar-refractivity contribution in [3.63, 3.8) is 0 Å². The zero-order valence-corrected chi connectivity index (χ0v) is 13.7. The molecule has 0 unspecified atom stereocenters. The Morgan fingerprint density at radius 1 is 1.30 bits per heavy atom. The van der Waals surface area contributed by atoms with Crippen molar-refractivity contribution in [1.29, 1.82) is 0 Å². The maximum Gasteiger partial charge on any atom is 0.322 e. The number of nitrogens with one attached hydrogen (secondary N) is 1. The van der Waals surface area contributed by atoms with E-state index in [4.69, 9.17) is 0 Å². The first-order valence-corrected chi connectivity index (χ1v) is 8.27. The Morgan fingerprint density at radius 2 is 1.91 bits per heavy atom. The van der Waals surface area contributed by atoms with E-state index in [1.54, 1.807) is 30.3 Å². The van der Waals surface area contributed by atoms with Gasteiger partial charge in [0.15, 0.2) is 0 Å². The molecule has 128 valence electrons. The molecule has 0 bridgehead atoms. The molecule has 0 saturated heterocycles. The molecular weight excluding hydrogens is 324 g/mol. The molecule has 0 heterocycles. The summed E-state index contributed by atoms with van der Waals surface area (Å²) in [4.78, 5) is 22.4. The molecule has 0 aliphatic carbocycles. The van der Waals surface area contributed by atoms with Crippen LogP contribution in [0.4, 0.5) is 0 Å². The standard InChI is InChI=1S/C14H20N2O6S/c1-16(9-8-13(17)22-2)23(20,21)15-12(14(18)19)10-11-6-4-3-5-7-11/h3-7,12,15H,8-10H2,1-2H3,(H,18,19)/t12-/m0/s1. The molecule has 0 aromatic heterocycles. The van der Waals surface area contributed by atoms with Crippen LogP contribution in [0.3, 0.4) is 0 Å². The molecule has 8 nitrogen and oxygen atoms in total. The van der Waals surface area contributed by atoms with E-state index in [0.717, 1.165) is 4.31 Å². The number of hydrogen-bond donors (Lipinski definition) is 2. The van der Waals surface area contributed by atoms with Crippen molar-refractivity contribution >= 4 is 22.1 Å². The highest BCUT2D eigenvalue weighted by atomic mass is 32.2. The number of nitrogens with zero attached hydrogens (tertiary/aromatic N) is 1. The normalized spacial score (nSPS) is 12.8. The third kappa shape index (κ3) is 6.35. The molecule has 0 aliphatic rings. The lowest BCUT2D eigenvalue weighted by molar-refractivity contribution is -0.141. The number of carboxylic acids is 1. The van der Waals surface area contributed by atoms with Crippen LogP contribution in [-0.2, 0) is 31.0 Å². The molecule has 2 N–H and O–H groups in total.